The molecule has 3 aromatic carbocycles. The maximum absolute atomic E-state index is 6.22. The summed E-state index contributed by atoms with van der Waals surface area (Å²) in [6, 6.07) is 30.2. The first kappa shape index (κ1) is 23.2. The van der Waals surface area contributed by atoms with E-state index in [0.29, 0.717) is 32.2 Å². The summed E-state index contributed by atoms with van der Waals surface area (Å²) in [7, 11) is 1.62. The van der Waals surface area contributed by atoms with Gasteiger partial charge in [0.05, 0.1) is 19.8 Å². The highest BCUT2D eigenvalue weighted by atomic mass is 16.7. The minimum Gasteiger partial charge on any atom is -0.491 e. The van der Waals surface area contributed by atoms with E-state index in [1.165, 1.54) is 0 Å². The van der Waals surface area contributed by atoms with E-state index >= 15 is 0 Å². The fourth-order valence-electron chi connectivity index (χ4n) is 3.62. The van der Waals surface area contributed by atoms with Crippen LogP contribution in [-0.4, -0.2) is 32.2 Å². The first-order valence-corrected chi connectivity index (χ1v) is 11.2. The van der Waals surface area contributed by atoms with Crippen LogP contribution in [0.1, 0.15) is 16.7 Å². The zero-order valence-electron chi connectivity index (χ0n) is 18.8. The molecule has 0 N–H and O–H groups in total. The van der Waals surface area contributed by atoms with E-state index in [1.807, 2.05) is 97.1 Å². The Kier molecular flexibility index (Phi) is 8.67. The van der Waals surface area contributed by atoms with E-state index in [2.05, 4.69) is 0 Å². The van der Waals surface area contributed by atoms with Crippen LogP contribution in [-0.2, 0) is 43.5 Å². The first-order valence-electron chi connectivity index (χ1n) is 11.2. The molecule has 33 heavy (non-hydrogen) atoms. The molecule has 0 aromatic heterocycles. The van der Waals surface area contributed by atoms with Crippen LogP contribution in [0.2, 0.25) is 0 Å². The van der Waals surface area contributed by atoms with Gasteiger partial charge in [0.25, 0.3) is 0 Å². The zero-order valence-corrected chi connectivity index (χ0v) is 18.8. The summed E-state index contributed by atoms with van der Waals surface area (Å²) in [5, 5.41) is 0. The minimum atomic E-state index is -0.602. The lowest BCUT2D eigenvalue weighted by Crippen LogP contribution is -2.43. The SMILES string of the molecule is CO[C@H]1O[C@H](COCc2ccccc2)C=C(OCc2ccccc2)[C@H]1OCc1ccccc1. The minimum absolute atomic E-state index is 0.305. The molecular formula is C28H30O5. The molecule has 0 unspecified atom stereocenters. The third-order valence-corrected chi connectivity index (χ3v) is 5.33. The van der Waals surface area contributed by atoms with Crippen molar-refractivity contribution >= 4 is 0 Å². The van der Waals surface area contributed by atoms with Crippen LogP contribution in [0.25, 0.3) is 0 Å². The van der Waals surface area contributed by atoms with Gasteiger partial charge in [-0.25, -0.2) is 0 Å². The van der Waals surface area contributed by atoms with E-state index in [1.54, 1.807) is 7.11 Å². The van der Waals surface area contributed by atoms with Crippen LogP contribution in [0, 0.1) is 0 Å². The average Bonchev–Trinajstić information content (AvgIpc) is 2.88. The molecule has 0 saturated carbocycles. The molecule has 4 rings (SSSR count). The van der Waals surface area contributed by atoms with Gasteiger partial charge in [0.1, 0.15) is 18.5 Å². The van der Waals surface area contributed by atoms with Gasteiger partial charge >= 0.3 is 0 Å². The Bertz CT molecular complexity index is 975. The standard InChI is InChI=1S/C28H30O5/c1-29-28-27(32-20-24-15-9-4-10-16-24)26(31-19-23-13-7-3-8-14-23)17-25(33-28)21-30-18-22-11-5-2-6-12-22/h2-17,25,27-28H,18-21H2,1H3/t25-,27+,28-/m0/s1. The van der Waals surface area contributed by atoms with Crippen molar-refractivity contribution in [1.29, 1.82) is 0 Å². The van der Waals surface area contributed by atoms with E-state index in [0.717, 1.165) is 16.7 Å². The van der Waals surface area contributed by atoms with Crippen LogP contribution >= 0.6 is 0 Å². The topological polar surface area (TPSA) is 46.2 Å². The monoisotopic (exact) mass is 446 g/mol. The molecule has 172 valence electrons. The molecule has 3 aromatic rings. The summed E-state index contributed by atoms with van der Waals surface area (Å²) < 4.78 is 30.1. The maximum atomic E-state index is 6.22. The van der Waals surface area contributed by atoms with Crippen molar-refractivity contribution < 1.29 is 23.7 Å². The molecule has 3 atom stereocenters. The van der Waals surface area contributed by atoms with Crippen molar-refractivity contribution in [2.75, 3.05) is 13.7 Å². The lowest BCUT2D eigenvalue weighted by atomic mass is 10.1. The quantitative estimate of drug-likeness (QED) is 0.402. The number of benzene rings is 3. The third-order valence-electron chi connectivity index (χ3n) is 5.33. The van der Waals surface area contributed by atoms with Crippen molar-refractivity contribution in [3.05, 3.63) is 120 Å². The Morgan fingerprint density at radius 3 is 1.82 bits per heavy atom. The van der Waals surface area contributed by atoms with Crippen molar-refractivity contribution in [3.8, 4) is 0 Å². The van der Waals surface area contributed by atoms with Crippen LogP contribution in [0.4, 0.5) is 0 Å². The van der Waals surface area contributed by atoms with Gasteiger partial charge in [-0.15, -0.1) is 0 Å². The smallest absolute Gasteiger partial charge is 0.191 e. The largest absolute Gasteiger partial charge is 0.491 e. The molecule has 0 saturated heterocycles. The summed E-state index contributed by atoms with van der Waals surface area (Å²) >= 11 is 0. The van der Waals surface area contributed by atoms with Gasteiger partial charge in [0.2, 0.25) is 0 Å². The van der Waals surface area contributed by atoms with Crippen LogP contribution in [0.15, 0.2) is 103 Å². The maximum Gasteiger partial charge on any atom is 0.191 e. The molecule has 0 fully saturated rings. The lowest BCUT2D eigenvalue weighted by molar-refractivity contribution is -0.227. The molecule has 0 amide bonds. The summed E-state index contributed by atoms with van der Waals surface area (Å²) in [5.74, 6) is 0.696. The predicted octanol–water partition coefficient (Wildman–Crippen LogP) is 5.26. The molecule has 0 bridgehead atoms. The third kappa shape index (κ3) is 7.01. The Hall–Kier alpha value is -2.96. The van der Waals surface area contributed by atoms with Crippen LogP contribution in [0.5, 0.6) is 0 Å². The number of ether oxygens (including phenoxy) is 5. The molecule has 1 aliphatic heterocycles. The number of methoxy groups -OCH3 is 1. The van der Waals surface area contributed by atoms with Crippen LogP contribution < -0.4 is 0 Å². The average molecular weight is 447 g/mol. The summed E-state index contributed by atoms with van der Waals surface area (Å²) in [6.07, 6.45) is 0.555. The number of hydrogen-bond donors (Lipinski definition) is 0. The summed E-state index contributed by atoms with van der Waals surface area (Å²) in [5.41, 5.74) is 3.27. The van der Waals surface area contributed by atoms with Gasteiger partial charge in [0, 0.05) is 7.11 Å². The fourth-order valence-corrected chi connectivity index (χ4v) is 3.62. The highest BCUT2D eigenvalue weighted by Crippen LogP contribution is 2.26. The Balaban J connectivity index is 1.44. The van der Waals surface area contributed by atoms with E-state index in [4.69, 9.17) is 23.7 Å². The van der Waals surface area contributed by atoms with Gasteiger partial charge in [-0.05, 0) is 22.8 Å². The van der Waals surface area contributed by atoms with Crippen molar-refractivity contribution in [2.24, 2.45) is 0 Å². The van der Waals surface area contributed by atoms with Gasteiger partial charge in [-0.3, -0.25) is 0 Å². The Labute approximate surface area is 195 Å². The van der Waals surface area contributed by atoms with Gasteiger partial charge < -0.3 is 23.7 Å². The second kappa shape index (κ2) is 12.3. The Morgan fingerprint density at radius 1 is 0.697 bits per heavy atom. The van der Waals surface area contributed by atoms with E-state index in [9.17, 15) is 0 Å². The molecule has 0 spiro atoms. The predicted molar refractivity (Wildman–Crippen MR) is 126 cm³/mol. The second-order valence-electron chi connectivity index (χ2n) is 7.84. The van der Waals surface area contributed by atoms with Crippen molar-refractivity contribution in [1.82, 2.24) is 0 Å². The molecule has 0 radical (unpaired) electrons. The normalized spacial score (nSPS) is 20.3. The van der Waals surface area contributed by atoms with Crippen molar-refractivity contribution in [3.63, 3.8) is 0 Å². The van der Waals surface area contributed by atoms with E-state index in [-0.39, 0.29) is 6.10 Å². The fraction of sp³-hybridized carbons (Fsp3) is 0.286. The van der Waals surface area contributed by atoms with Gasteiger partial charge in [-0.1, -0.05) is 91.0 Å². The van der Waals surface area contributed by atoms with Gasteiger partial charge in [-0.2, -0.15) is 0 Å². The molecule has 1 heterocycles. The molecular weight excluding hydrogens is 416 g/mol. The van der Waals surface area contributed by atoms with Crippen molar-refractivity contribution in [2.45, 2.75) is 38.3 Å². The summed E-state index contributed by atoms with van der Waals surface area (Å²) in [6.45, 7) is 1.76. The first-order chi connectivity index (χ1) is 16.3. The van der Waals surface area contributed by atoms with Gasteiger partial charge in [0.15, 0.2) is 12.4 Å². The molecule has 0 aliphatic carbocycles. The van der Waals surface area contributed by atoms with Crippen LogP contribution in [0.3, 0.4) is 0 Å². The molecule has 5 heteroatoms. The lowest BCUT2D eigenvalue weighted by Gasteiger charge is -2.35. The summed E-state index contributed by atoms with van der Waals surface area (Å²) in [4.78, 5) is 0. The zero-order chi connectivity index (χ0) is 22.7. The highest BCUT2D eigenvalue weighted by Gasteiger charge is 2.35. The highest BCUT2D eigenvalue weighted by molar-refractivity contribution is 5.17. The number of rotatable bonds is 11. The molecule has 1 aliphatic rings. The van der Waals surface area contributed by atoms with E-state index < -0.39 is 12.4 Å². The number of hydrogen-bond acceptors (Lipinski definition) is 5. The Morgan fingerprint density at radius 2 is 1.24 bits per heavy atom. The second-order valence-corrected chi connectivity index (χ2v) is 7.84. The molecule has 5 nitrogen and oxygen atoms in total.